The third-order valence-corrected chi connectivity index (χ3v) is 2.27. The first-order chi connectivity index (χ1) is 6.22. The summed E-state index contributed by atoms with van der Waals surface area (Å²) in [6, 6.07) is 4.00. The lowest BCUT2D eigenvalue weighted by atomic mass is 10.1. The lowest BCUT2D eigenvalue weighted by molar-refractivity contribution is 1.05. The third-order valence-electron chi connectivity index (χ3n) is 2.27. The van der Waals surface area contributed by atoms with Gasteiger partial charge in [0.05, 0.1) is 5.52 Å². The van der Waals surface area contributed by atoms with Crippen LogP contribution in [0, 0.1) is 6.92 Å². The summed E-state index contributed by atoms with van der Waals surface area (Å²) in [6.45, 7) is 2.56. The van der Waals surface area contributed by atoms with Gasteiger partial charge in [-0.3, -0.25) is 5.10 Å². The first-order valence-electron chi connectivity index (χ1n) is 4.15. The minimum atomic E-state index is 0.542. The molecule has 1 aromatic carbocycles. The summed E-state index contributed by atoms with van der Waals surface area (Å²) in [5.74, 6) is 0.543. The second-order valence-electron chi connectivity index (χ2n) is 3.14. The predicted octanol–water partition coefficient (Wildman–Crippen LogP) is 0.912. The Bertz CT molecular complexity index is 444. The van der Waals surface area contributed by atoms with Gasteiger partial charge < -0.3 is 11.5 Å². The Morgan fingerprint density at radius 3 is 2.92 bits per heavy atom. The summed E-state index contributed by atoms with van der Waals surface area (Å²) in [5.41, 5.74) is 14.5. The molecule has 5 N–H and O–H groups in total. The molecule has 68 valence electrons. The smallest absolute Gasteiger partial charge is 0.153 e. The monoisotopic (exact) mass is 176 g/mol. The number of nitrogens with two attached hydrogens (primary N) is 2. The van der Waals surface area contributed by atoms with Crippen molar-refractivity contribution in [2.24, 2.45) is 5.73 Å². The SMILES string of the molecule is Cc1cc2c(N)n[nH]c2cc1CN. The molecule has 0 aliphatic rings. The fraction of sp³-hybridized carbons (Fsp3) is 0.222. The zero-order chi connectivity index (χ0) is 9.42. The zero-order valence-electron chi connectivity index (χ0n) is 7.46. The van der Waals surface area contributed by atoms with E-state index in [2.05, 4.69) is 10.2 Å². The van der Waals surface area contributed by atoms with E-state index in [9.17, 15) is 0 Å². The Balaban J connectivity index is 2.76. The van der Waals surface area contributed by atoms with Crippen LogP contribution in [0.1, 0.15) is 11.1 Å². The second-order valence-corrected chi connectivity index (χ2v) is 3.14. The number of fused-ring (bicyclic) bond motifs is 1. The van der Waals surface area contributed by atoms with Gasteiger partial charge >= 0.3 is 0 Å². The number of H-pyrrole nitrogens is 1. The normalized spacial score (nSPS) is 10.9. The average molecular weight is 176 g/mol. The van der Waals surface area contributed by atoms with E-state index in [1.807, 2.05) is 19.1 Å². The minimum absolute atomic E-state index is 0.542. The lowest BCUT2D eigenvalue weighted by Crippen LogP contribution is -1.98. The molecule has 0 saturated carbocycles. The van der Waals surface area contributed by atoms with Crippen LogP contribution in [0.15, 0.2) is 12.1 Å². The second kappa shape index (κ2) is 2.74. The lowest BCUT2D eigenvalue weighted by Gasteiger charge is -2.02. The number of hydrogen-bond acceptors (Lipinski definition) is 3. The maximum absolute atomic E-state index is 5.66. The molecule has 0 saturated heterocycles. The predicted molar refractivity (Wildman–Crippen MR) is 53.1 cm³/mol. The molecule has 0 aliphatic heterocycles. The number of aryl methyl sites for hydroxylation is 1. The fourth-order valence-electron chi connectivity index (χ4n) is 1.46. The summed E-state index contributed by atoms with van der Waals surface area (Å²) in [6.07, 6.45) is 0. The van der Waals surface area contributed by atoms with Crippen LogP contribution in [-0.4, -0.2) is 10.2 Å². The van der Waals surface area contributed by atoms with Gasteiger partial charge in [0.25, 0.3) is 0 Å². The van der Waals surface area contributed by atoms with Gasteiger partial charge in [0.15, 0.2) is 5.82 Å². The molecule has 1 aromatic heterocycles. The highest BCUT2D eigenvalue weighted by Gasteiger charge is 2.04. The molecular formula is C9H12N4. The highest BCUT2D eigenvalue weighted by molar-refractivity contribution is 5.89. The first-order valence-corrected chi connectivity index (χ1v) is 4.15. The maximum Gasteiger partial charge on any atom is 0.153 e. The number of hydrogen-bond donors (Lipinski definition) is 3. The Kier molecular flexibility index (Phi) is 1.70. The molecule has 0 atom stereocenters. The van der Waals surface area contributed by atoms with E-state index in [0.29, 0.717) is 12.4 Å². The number of nitrogen functional groups attached to an aromatic ring is 1. The number of nitrogens with zero attached hydrogens (tertiary/aromatic N) is 1. The molecule has 0 spiro atoms. The van der Waals surface area contributed by atoms with Crippen LogP contribution in [0.4, 0.5) is 5.82 Å². The molecular weight excluding hydrogens is 164 g/mol. The van der Waals surface area contributed by atoms with Crippen LogP contribution < -0.4 is 11.5 Å². The molecule has 4 nitrogen and oxygen atoms in total. The molecule has 0 bridgehead atoms. The molecule has 2 rings (SSSR count). The number of anilines is 1. The van der Waals surface area contributed by atoms with Crippen LogP contribution in [0.3, 0.4) is 0 Å². The summed E-state index contributed by atoms with van der Waals surface area (Å²) < 4.78 is 0. The van der Waals surface area contributed by atoms with Crippen LogP contribution in [0.2, 0.25) is 0 Å². The largest absolute Gasteiger partial charge is 0.382 e. The van der Waals surface area contributed by atoms with E-state index in [4.69, 9.17) is 11.5 Å². The molecule has 4 heteroatoms. The van der Waals surface area contributed by atoms with Crippen LogP contribution >= 0.6 is 0 Å². The summed E-state index contributed by atoms with van der Waals surface area (Å²) >= 11 is 0. The Morgan fingerprint density at radius 2 is 2.23 bits per heavy atom. The Labute approximate surface area is 75.9 Å². The van der Waals surface area contributed by atoms with Crippen molar-refractivity contribution in [3.63, 3.8) is 0 Å². The fourth-order valence-corrected chi connectivity index (χ4v) is 1.46. The van der Waals surface area contributed by atoms with Gasteiger partial charge in [0.2, 0.25) is 0 Å². The van der Waals surface area contributed by atoms with E-state index >= 15 is 0 Å². The highest BCUT2D eigenvalue weighted by Crippen LogP contribution is 2.21. The zero-order valence-corrected chi connectivity index (χ0v) is 7.46. The highest BCUT2D eigenvalue weighted by atomic mass is 15.1. The van der Waals surface area contributed by atoms with E-state index in [-0.39, 0.29) is 0 Å². The van der Waals surface area contributed by atoms with Crippen LogP contribution in [-0.2, 0) is 6.54 Å². The molecule has 0 radical (unpaired) electrons. The first kappa shape index (κ1) is 8.07. The third kappa shape index (κ3) is 1.15. The topological polar surface area (TPSA) is 80.7 Å². The molecule has 0 unspecified atom stereocenters. The number of aromatic amines is 1. The molecule has 1 heterocycles. The van der Waals surface area contributed by atoms with Gasteiger partial charge in [0.1, 0.15) is 0 Å². The van der Waals surface area contributed by atoms with Crippen molar-refractivity contribution >= 4 is 16.7 Å². The molecule has 0 fully saturated rings. The molecule has 2 aromatic rings. The van der Waals surface area contributed by atoms with Crippen molar-refractivity contribution in [2.75, 3.05) is 5.73 Å². The Hall–Kier alpha value is -1.55. The number of aromatic nitrogens is 2. The van der Waals surface area contributed by atoms with Crippen molar-refractivity contribution < 1.29 is 0 Å². The van der Waals surface area contributed by atoms with Crippen molar-refractivity contribution in [1.82, 2.24) is 10.2 Å². The van der Waals surface area contributed by atoms with Crippen molar-refractivity contribution in [3.05, 3.63) is 23.3 Å². The molecule has 0 aliphatic carbocycles. The average Bonchev–Trinajstić information content (AvgIpc) is 2.47. The number of rotatable bonds is 1. The molecule has 0 amide bonds. The number of nitrogens with one attached hydrogen (secondary N) is 1. The van der Waals surface area contributed by atoms with Gasteiger partial charge in [-0.1, -0.05) is 0 Å². The van der Waals surface area contributed by atoms with Crippen molar-refractivity contribution in [3.8, 4) is 0 Å². The van der Waals surface area contributed by atoms with E-state index < -0.39 is 0 Å². The van der Waals surface area contributed by atoms with E-state index in [1.54, 1.807) is 0 Å². The minimum Gasteiger partial charge on any atom is -0.382 e. The number of benzene rings is 1. The van der Waals surface area contributed by atoms with E-state index in [0.717, 1.165) is 22.0 Å². The van der Waals surface area contributed by atoms with Crippen molar-refractivity contribution in [2.45, 2.75) is 13.5 Å². The van der Waals surface area contributed by atoms with Gasteiger partial charge in [-0.05, 0) is 30.2 Å². The van der Waals surface area contributed by atoms with Gasteiger partial charge in [-0.25, -0.2) is 0 Å². The van der Waals surface area contributed by atoms with E-state index in [1.165, 1.54) is 0 Å². The van der Waals surface area contributed by atoms with Gasteiger partial charge in [-0.15, -0.1) is 0 Å². The quantitative estimate of drug-likeness (QED) is 0.604. The Morgan fingerprint density at radius 1 is 1.46 bits per heavy atom. The van der Waals surface area contributed by atoms with Gasteiger partial charge in [-0.2, -0.15) is 5.10 Å². The van der Waals surface area contributed by atoms with Crippen LogP contribution in [0.5, 0.6) is 0 Å². The van der Waals surface area contributed by atoms with Crippen molar-refractivity contribution in [1.29, 1.82) is 0 Å². The summed E-state index contributed by atoms with van der Waals surface area (Å²) in [5, 5.41) is 7.75. The molecule has 13 heavy (non-hydrogen) atoms. The van der Waals surface area contributed by atoms with Gasteiger partial charge in [0, 0.05) is 11.9 Å². The summed E-state index contributed by atoms with van der Waals surface area (Å²) in [4.78, 5) is 0. The summed E-state index contributed by atoms with van der Waals surface area (Å²) in [7, 11) is 0. The standard InChI is InChI=1S/C9H12N4/c1-5-2-7-8(3-6(5)4-10)12-13-9(7)11/h2-3H,4,10H2,1H3,(H3,11,12,13). The maximum atomic E-state index is 5.66. The van der Waals surface area contributed by atoms with Crippen LogP contribution in [0.25, 0.3) is 10.9 Å².